The highest BCUT2D eigenvalue weighted by Gasteiger charge is 2.29. The minimum Gasteiger partial charge on any atom is -0.481 e. The van der Waals surface area contributed by atoms with Crippen LogP contribution in [0.5, 0.6) is 0 Å². The van der Waals surface area contributed by atoms with E-state index >= 15 is 0 Å². The molecule has 1 aliphatic rings. The Hall–Kier alpha value is -1.30. The number of nitrogens with zero attached hydrogens (tertiary/aromatic N) is 1. The van der Waals surface area contributed by atoms with Crippen LogP contribution < -0.4 is 0 Å². The van der Waals surface area contributed by atoms with Crippen LogP contribution in [0.3, 0.4) is 0 Å². The molecular formula is C9H15NO5. The molecule has 1 atom stereocenters. The maximum absolute atomic E-state index is 11.4. The number of hydrogen-bond acceptors (Lipinski definition) is 4. The van der Waals surface area contributed by atoms with Gasteiger partial charge in [-0.15, -0.1) is 0 Å². The highest BCUT2D eigenvalue weighted by Crippen LogP contribution is 2.12. The predicted octanol–water partition coefficient (Wildman–Crippen LogP) is 0.318. The summed E-state index contributed by atoms with van der Waals surface area (Å²) in [6.07, 6.45) is -0.578. The van der Waals surface area contributed by atoms with Crippen molar-refractivity contribution >= 4 is 12.1 Å². The minimum absolute atomic E-state index is 0.112. The summed E-state index contributed by atoms with van der Waals surface area (Å²) in [5.74, 6) is -0.945. The Morgan fingerprint density at radius 3 is 2.93 bits per heavy atom. The lowest BCUT2D eigenvalue weighted by molar-refractivity contribution is -0.139. The Morgan fingerprint density at radius 1 is 1.60 bits per heavy atom. The Balaban J connectivity index is 2.56. The maximum atomic E-state index is 11.4. The number of aliphatic carboxylic acids is 1. The number of rotatable bonds is 3. The van der Waals surface area contributed by atoms with Crippen LogP contribution >= 0.6 is 0 Å². The lowest BCUT2D eigenvalue weighted by atomic mass is 10.2. The van der Waals surface area contributed by atoms with Crippen LogP contribution in [0.2, 0.25) is 0 Å². The highest BCUT2D eigenvalue weighted by molar-refractivity contribution is 5.71. The number of carboxylic acid groups (broad SMARTS) is 1. The third-order valence-corrected chi connectivity index (χ3v) is 2.14. The van der Waals surface area contributed by atoms with Crippen LogP contribution in [0.15, 0.2) is 0 Å². The molecule has 6 heteroatoms. The molecule has 0 spiro atoms. The van der Waals surface area contributed by atoms with E-state index in [-0.39, 0.29) is 19.6 Å². The summed E-state index contributed by atoms with van der Waals surface area (Å²) in [5.41, 5.74) is 0. The number of ether oxygens (including phenoxy) is 2. The monoisotopic (exact) mass is 217 g/mol. The molecule has 1 amide bonds. The van der Waals surface area contributed by atoms with Crippen molar-refractivity contribution in [1.82, 2.24) is 4.90 Å². The van der Waals surface area contributed by atoms with Crippen molar-refractivity contribution in [3.8, 4) is 0 Å². The first-order valence-corrected chi connectivity index (χ1v) is 4.88. The summed E-state index contributed by atoms with van der Waals surface area (Å²) >= 11 is 0. The zero-order chi connectivity index (χ0) is 11.3. The molecule has 0 aromatic rings. The fourth-order valence-corrected chi connectivity index (χ4v) is 1.47. The molecule has 1 aliphatic heterocycles. The fraction of sp³-hybridized carbons (Fsp3) is 0.778. The highest BCUT2D eigenvalue weighted by atomic mass is 16.6. The van der Waals surface area contributed by atoms with E-state index in [1.165, 1.54) is 4.90 Å². The molecule has 1 fully saturated rings. The summed E-state index contributed by atoms with van der Waals surface area (Å²) in [6, 6.07) is -0.421. The van der Waals surface area contributed by atoms with Gasteiger partial charge >= 0.3 is 12.1 Å². The normalized spacial score (nSPS) is 21.1. The first-order chi connectivity index (χ1) is 7.15. The van der Waals surface area contributed by atoms with Gasteiger partial charge in [0.25, 0.3) is 0 Å². The zero-order valence-electron chi connectivity index (χ0n) is 8.64. The molecule has 0 saturated carbocycles. The SMILES string of the molecule is CCOC(=O)N1CCOCC1CC(=O)O. The average molecular weight is 217 g/mol. The molecule has 86 valence electrons. The van der Waals surface area contributed by atoms with Gasteiger partial charge in [0.2, 0.25) is 0 Å². The summed E-state index contributed by atoms with van der Waals surface area (Å²) in [7, 11) is 0. The van der Waals surface area contributed by atoms with Crippen LogP contribution in [-0.2, 0) is 14.3 Å². The molecule has 1 rings (SSSR count). The van der Waals surface area contributed by atoms with E-state index in [1.54, 1.807) is 6.92 Å². The van der Waals surface area contributed by atoms with E-state index in [4.69, 9.17) is 14.6 Å². The van der Waals surface area contributed by atoms with Crippen LogP contribution in [0, 0.1) is 0 Å². The van der Waals surface area contributed by atoms with Gasteiger partial charge in [-0.3, -0.25) is 4.79 Å². The quantitative estimate of drug-likeness (QED) is 0.736. The van der Waals surface area contributed by atoms with Crippen molar-refractivity contribution in [3.63, 3.8) is 0 Å². The van der Waals surface area contributed by atoms with Crippen molar-refractivity contribution in [1.29, 1.82) is 0 Å². The third kappa shape index (κ3) is 3.39. The van der Waals surface area contributed by atoms with E-state index in [1.807, 2.05) is 0 Å². The van der Waals surface area contributed by atoms with E-state index in [0.717, 1.165) is 0 Å². The second kappa shape index (κ2) is 5.55. The molecule has 1 unspecified atom stereocenters. The van der Waals surface area contributed by atoms with Crippen molar-refractivity contribution in [3.05, 3.63) is 0 Å². The molecule has 1 saturated heterocycles. The number of morpholine rings is 1. The lowest BCUT2D eigenvalue weighted by Gasteiger charge is -2.33. The molecule has 0 aromatic carbocycles. The molecule has 1 heterocycles. The molecule has 0 bridgehead atoms. The third-order valence-electron chi connectivity index (χ3n) is 2.14. The standard InChI is InChI=1S/C9H15NO5/c1-2-15-9(13)10-3-4-14-6-7(10)5-8(11)12/h7H,2-6H2,1H3,(H,11,12). The van der Waals surface area contributed by atoms with Crippen molar-refractivity contribution in [2.24, 2.45) is 0 Å². The fourth-order valence-electron chi connectivity index (χ4n) is 1.47. The van der Waals surface area contributed by atoms with Gasteiger partial charge in [0.1, 0.15) is 0 Å². The van der Waals surface area contributed by atoms with Gasteiger partial charge in [-0.1, -0.05) is 0 Å². The number of hydrogen-bond donors (Lipinski definition) is 1. The van der Waals surface area contributed by atoms with E-state index < -0.39 is 18.1 Å². The molecule has 0 aromatic heterocycles. The molecule has 6 nitrogen and oxygen atoms in total. The van der Waals surface area contributed by atoms with Crippen LogP contribution in [-0.4, -0.2) is 54.5 Å². The maximum Gasteiger partial charge on any atom is 0.410 e. The van der Waals surface area contributed by atoms with Crippen molar-refractivity contribution in [2.45, 2.75) is 19.4 Å². The van der Waals surface area contributed by atoms with E-state index in [9.17, 15) is 9.59 Å². The van der Waals surface area contributed by atoms with Gasteiger partial charge in [0.05, 0.1) is 32.3 Å². The van der Waals surface area contributed by atoms with Gasteiger partial charge in [-0.25, -0.2) is 4.79 Å². The Morgan fingerprint density at radius 2 is 2.33 bits per heavy atom. The van der Waals surface area contributed by atoms with E-state index in [2.05, 4.69) is 0 Å². The number of carboxylic acids is 1. The van der Waals surface area contributed by atoms with Crippen LogP contribution in [0.4, 0.5) is 4.79 Å². The van der Waals surface area contributed by atoms with Crippen LogP contribution in [0.1, 0.15) is 13.3 Å². The van der Waals surface area contributed by atoms with Gasteiger partial charge in [-0.2, -0.15) is 0 Å². The Kier molecular flexibility index (Phi) is 4.36. The summed E-state index contributed by atoms with van der Waals surface area (Å²) in [5, 5.41) is 8.66. The predicted molar refractivity (Wildman–Crippen MR) is 50.6 cm³/mol. The zero-order valence-corrected chi connectivity index (χ0v) is 8.64. The number of carbonyl (C=O) groups excluding carboxylic acids is 1. The molecule has 1 N–H and O–H groups in total. The summed E-state index contributed by atoms with van der Waals surface area (Å²) in [4.78, 5) is 23.4. The summed E-state index contributed by atoms with van der Waals surface area (Å²) in [6.45, 7) is 3.07. The van der Waals surface area contributed by atoms with Crippen molar-refractivity contribution < 1.29 is 24.2 Å². The Bertz CT molecular complexity index is 243. The molecule has 0 aliphatic carbocycles. The van der Waals surface area contributed by atoms with Gasteiger partial charge in [0.15, 0.2) is 0 Å². The lowest BCUT2D eigenvalue weighted by Crippen LogP contribution is -2.49. The van der Waals surface area contributed by atoms with Gasteiger partial charge in [-0.05, 0) is 6.92 Å². The molecular weight excluding hydrogens is 202 g/mol. The van der Waals surface area contributed by atoms with Crippen molar-refractivity contribution in [2.75, 3.05) is 26.4 Å². The van der Waals surface area contributed by atoms with Crippen LogP contribution in [0.25, 0.3) is 0 Å². The Labute approximate surface area is 87.8 Å². The largest absolute Gasteiger partial charge is 0.481 e. The molecule has 0 radical (unpaired) electrons. The average Bonchev–Trinajstić information content (AvgIpc) is 2.18. The number of carbonyl (C=O) groups is 2. The topological polar surface area (TPSA) is 76.1 Å². The first kappa shape index (κ1) is 11.8. The second-order valence-electron chi connectivity index (χ2n) is 3.22. The summed E-state index contributed by atoms with van der Waals surface area (Å²) < 4.78 is 9.96. The van der Waals surface area contributed by atoms with Gasteiger partial charge in [0, 0.05) is 6.54 Å². The van der Waals surface area contributed by atoms with E-state index in [0.29, 0.717) is 13.2 Å². The first-order valence-electron chi connectivity index (χ1n) is 4.88. The number of amides is 1. The smallest absolute Gasteiger partial charge is 0.410 e. The second-order valence-corrected chi connectivity index (χ2v) is 3.22. The minimum atomic E-state index is -0.945. The van der Waals surface area contributed by atoms with Gasteiger partial charge < -0.3 is 19.5 Å². The molecule has 15 heavy (non-hydrogen) atoms.